The van der Waals surface area contributed by atoms with Gasteiger partial charge in [0.1, 0.15) is 0 Å². The van der Waals surface area contributed by atoms with Gasteiger partial charge in [-0.15, -0.1) is 0 Å². The van der Waals surface area contributed by atoms with Crippen LogP contribution >= 0.6 is 11.6 Å². The fourth-order valence-corrected chi connectivity index (χ4v) is 4.54. The van der Waals surface area contributed by atoms with Crippen molar-refractivity contribution in [3.8, 4) is 0 Å². The van der Waals surface area contributed by atoms with E-state index < -0.39 is 0 Å². The molecule has 1 aromatic carbocycles. The van der Waals surface area contributed by atoms with E-state index in [1.165, 1.54) is 32.1 Å². The Hall–Kier alpha value is -1.61. The maximum absolute atomic E-state index is 12.7. The highest BCUT2D eigenvalue weighted by molar-refractivity contribution is 6.31. The van der Waals surface area contributed by atoms with Crippen LogP contribution in [0, 0.1) is 11.8 Å². The molecule has 1 aromatic heterocycles. The molecule has 0 spiro atoms. The first-order valence-electron chi connectivity index (χ1n) is 8.51. The highest BCUT2D eigenvalue weighted by Crippen LogP contribution is 2.37. The summed E-state index contributed by atoms with van der Waals surface area (Å²) < 4.78 is 0. The van der Waals surface area contributed by atoms with Gasteiger partial charge in [0.25, 0.3) is 0 Å². The molecule has 0 aliphatic heterocycles. The average Bonchev–Trinajstić information content (AvgIpc) is 2.56. The largest absolute Gasteiger partial charge is 0.358 e. The van der Waals surface area contributed by atoms with Gasteiger partial charge in [0.15, 0.2) is 5.78 Å². The quantitative estimate of drug-likeness (QED) is 0.837. The molecule has 0 saturated heterocycles. The van der Waals surface area contributed by atoms with Crippen LogP contribution in [0.4, 0.5) is 0 Å². The minimum absolute atomic E-state index is 0.00458. The molecule has 1 unspecified atom stereocenters. The molecule has 0 amide bonds. The first kappa shape index (κ1) is 14.9. The smallest absolute Gasteiger partial charge is 0.200 e. The number of halogens is 1. The third kappa shape index (κ3) is 2.61. The molecule has 2 aliphatic carbocycles. The van der Waals surface area contributed by atoms with E-state index in [0.717, 1.165) is 17.6 Å². The Morgan fingerprint density at radius 2 is 1.78 bits per heavy atom. The lowest BCUT2D eigenvalue weighted by Gasteiger charge is -2.33. The van der Waals surface area contributed by atoms with Crippen molar-refractivity contribution in [3.63, 3.8) is 0 Å². The number of hydrogen-bond donors (Lipinski definition) is 1. The van der Waals surface area contributed by atoms with Gasteiger partial charge in [-0.25, -0.2) is 0 Å². The number of ketones is 1. The van der Waals surface area contributed by atoms with Crippen molar-refractivity contribution < 1.29 is 4.79 Å². The molecule has 23 heavy (non-hydrogen) atoms. The molecule has 1 fully saturated rings. The van der Waals surface area contributed by atoms with E-state index in [2.05, 4.69) is 4.98 Å². The fourth-order valence-electron chi connectivity index (χ4n) is 4.37. The van der Waals surface area contributed by atoms with Gasteiger partial charge in [0.05, 0.1) is 5.56 Å². The SMILES string of the molecule is O=C1CC(C2CCCCC2)Cc2[nH]c3ccc(Cl)cc3c(=O)c21. The summed E-state index contributed by atoms with van der Waals surface area (Å²) in [6, 6.07) is 5.25. The summed E-state index contributed by atoms with van der Waals surface area (Å²) in [5, 5.41) is 1.03. The van der Waals surface area contributed by atoms with Crippen LogP contribution in [-0.4, -0.2) is 10.8 Å². The summed E-state index contributed by atoms with van der Waals surface area (Å²) in [5.41, 5.74) is 1.81. The molecule has 4 heteroatoms. The van der Waals surface area contributed by atoms with Gasteiger partial charge in [-0.05, 0) is 36.5 Å². The number of Topliss-reactive ketones (excluding diaryl/α,β-unsaturated/α-hetero) is 1. The maximum Gasteiger partial charge on any atom is 0.200 e. The summed E-state index contributed by atoms with van der Waals surface area (Å²) in [5.74, 6) is 1.02. The monoisotopic (exact) mass is 329 g/mol. The molecule has 0 radical (unpaired) electrons. The van der Waals surface area contributed by atoms with E-state index >= 15 is 0 Å². The molecule has 0 bridgehead atoms. The summed E-state index contributed by atoms with van der Waals surface area (Å²) >= 11 is 6.00. The van der Waals surface area contributed by atoms with Gasteiger partial charge in [-0.2, -0.15) is 0 Å². The number of H-pyrrole nitrogens is 1. The zero-order chi connectivity index (χ0) is 16.0. The van der Waals surface area contributed by atoms with Gasteiger partial charge < -0.3 is 4.98 Å². The number of fused-ring (bicyclic) bond motifs is 2. The Morgan fingerprint density at radius 1 is 1.00 bits per heavy atom. The number of aromatic nitrogens is 1. The number of aromatic amines is 1. The predicted octanol–water partition coefficient (Wildman–Crippen LogP) is 4.51. The van der Waals surface area contributed by atoms with Crippen molar-refractivity contribution >= 4 is 28.3 Å². The highest BCUT2D eigenvalue weighted by Gasteiger charge is 2.33. The first-order chi connectivity index (χ1) is 11.1. The van der Waals surface area contributed by atoms with Crippen LogP contribution in [0.5, 0.6) is 0 Å². The van der Waals surface area contributed by atoms with Gasteiger partial charge in [0.2, 0.25) is 5.43 Å². The number of pyridine rings is 1. The lowest BCUT2D eigenvalue weighted by atomic mass is 9.72. The van der Waals surface area contributed by atoms with Crippen LogP contribution in [0.3, 0.4) is 0 Å². The van der Waals surface area contributed by atoms with E-state index in [4.69, 9.17) is 11.6 Å². The van der Waals surface area contributed by atoms with E-state index in [-0.39, 0.29) is 11.2 Å². The van der Waals surface area contributed by atoms with Crippen LogP contribution in [0.2, 0.25) is 5.02 Å². The lowest BCUT2D eigenvalue weighted by molar-refractivity contribution is 0.0909. The van der Waals surface area contributed by atoms with Crippen molar-refractivity contribution in [1.82, 2.24) is 4.98 Å². The predicted molar refractivity (Wildman–Crippen MR) is 92.3 cm³/mol. The molecule has 1 heterocycles. The van der Waals surface area contributed by atoms with Gasteiger partial charge in [-0.1, -0.05) is 43.7 Å². The third-order valence-electron chi connectivity index (χ3n) is 5.55. The van der Waals surface area contributed by atoms with E-state index in [1.54, 1.807) is 12.1 Å². The zero-order valence-corrected chi connectivity index (χ0v) is 13.8. The standard InChI is InChI=1S/C19H20ClNO2/c20-13-6-7-15-14(10-13)19(23)18-16(21-15)8-12(9-17(18)22)11-4-2-1-3-5-11/h6-7,10-12H,1-5,8-9H2,(H,21,23). The molecule has 3 nitrogen and oxygen atoms in total. The zero-order valence-electron chi connectivity index (χ0n) is 13.0. The van der Waals surface area contributed by atoms with Crippen molar-refractivity contribution in [2.75, 3.05) is 0 Å². The van der Waals surface area contributed by atoms with Gasteiger partial charge >= 0.3 is 0 Å². The number of carbonyl (C=O) groups is 1. The molecule has 120 valence electrons. The van der Waals surface area contributed by atoms with Crippen molar-refractivity contribution in [3.05, 3.63) is 44.7 Å². The second kappa shape index (κ2) is 5.79. The number of carbonyl (C=O) groups excluding carboxylic acids is 1. The molecule has 1 N–H and O–H groups in total. The second-order valence-corrected chi connectivity index (χ2v) is 7.42. The lowest BCUT2D eigenvalue weighted by Crippen LogP contribution is -2.32. The second-order valence-electron chi connectivity index (χ2n) is 6.99. The summed E-state index contributed by atoms with van der Waals surface area (Å²) in [4.78, 5) is 28.7. The van der Waals surface area contributed by atoms with Crippen molar-refractivity contribution in [2.45, 2.75) is 44.9 Å². The van der Waals surface area contributed by atoms with E-state index in [9.17, 15) is 9.59 Å². The Morgan fingerprint density at radius 3 is 2.57 bits per heavy atom. The molecule has 4 rings (SSSR count). The van der Waals surface area contributed by atoms with Crippen LogP contribution in [0.1, 0.15) is 54.6 Å². The summed E-state index contributed by atoms with van der Waals surface area (Å²) in [7, 11) is 0. The van der Waals surface area contributed by atoms with Gasteiger partial charge in [-0.3, -0.25) is 9.59 Å². The number of hydrogen-bond acceptors (Lipinski definition) is 2. The summed E-state index contributed by atoms with van der Waals surface area (Å²) in [6.45, 7) is 0. The van der Waals surface area contributed by atoms with Crippen LogP contribution in [-0.2, 0) is 6.42 Å². The maximum atomic E-state index is 12.7. The van der Waals surface area contributed by atoms with E-state index in [0.29, 0.717) is 34.2 Å². The first-order valence-corrected chi connectivity index (χ1v) is 8.89. The number of nitrogens with one attached hydrogen (secondary N) is 1. The third-order valence-corrected chi connectivity index (χ3v) is 5.78. The Bertz CT molecular complexity index is 833. The molecular weight excluding hydrogens is 310 g/mol. The fraction of sp³-hybridized carbons (Fsp3) is 0.474. The topological polar surface area (TPSA) is 49.9 Å². The highest BCUT2D eigenvalue weighted by atomic mass is 35.5. The van der Waals surface area contributed by atoms with Crippen LogP contribution in [0.15, 0.2) is 23.0 Å². The number of benzene rings is 1. The van der Waals surface area contributed by atoms with Crippen LogP contribution < -0.4 is 5.43 Å². The van der Waals surface area contributed by atoms with Crippen molar-refractivity contribution in [1.29, 1.82) is 0 Å². The average molecular weight is 330 g/mol. The molecular formula is C19H20ClNO2. The minimum Gasteiger partial charge on any atom is -0.358 e. The normalized spacial score (nSPS) is 22.3. The Kier molecular flexibility index (Phi) is 3.76. The Labute approximate surface area is 140 Å². The molecule has 2 aromatic rings. The summed E-state index contributed by atoms with van der Waals surface area (Å²) in [6.07, 6.45) is 7.65. The van der Waals surface area contributed by atoms with Crippen molar-refractivity contribution in [2.24, 2.45) is 11.8 Å². The molecule has 1 atom stereocenters. The van der Waals surface area contributed by atoms with Gasteiger partial charge in [0, 0.05) is 28.0 Å². The number of rotatable bonds is 1. The Balaban J connectivity index is 1.78. The minimum atomic E-state index is -0.164. The van der Waals surface area contributed by atoms with Crippen LogP contribution in [0.25, 0.3) is 10.9 Å². The molecule has 1 saturated carbocycles. The van der Waals surface area contributed by atoms with E-state index in [1.807, 2.05) is 6.07 Å². The molecule has 2 aliphatic rings.